The normalized spacial score (nSPS) is 16.7. The van der Waals surface area contributed by atoms with E-state index in [1.165, 1.54) is 25.3 Å². The molecule has 1 aromatic rings. The molecule has 1 aliphatic rings. The van der Waals surface area contributed by atoms with Crippen molar-refractivity contribution >= 4 is 23.5 Å². The van der Waals surface area contributed by atoms with E-state index in [1.807, 2.05) is 0 Å². The Hall–Kier alpha value is -3.69. The van der Waals surface area contributed by atoms with Gasteiger partial charge in [0.1, 0.15) is 0 Å². The van der Waals surface area contributed by atoms with E-state index in [1.54, 1.807) is 33.8 Å². The molecule has 10 heteroatoms. The van der Waals surface area contributed by atoms with Crippen molar-refractivity contribution in [3.05, 3.63) is 62.5 Å². The maximum absolute atomic E-state index is 13.3. The topological polar surface area (TPSA) is 137 Å². The summed E-state index contributed by atoms with van der Waals surface area (Å²) < 4.78 is 9.84. The van der Waals surface area contributed by atoms with Gasteiger partial charge in [-0.05, 0) is 33.3 Å². The number of allylic oxidation sites excluding steroid dienone is 2. The third-order valence-electron chi connectivity index (χ3n) is 4.98. The molecule has 10 nitrogen and oxygen atoms in total. The Labute approximate surface area is 185 Å². The fraction of sp³-hybridized carbons (Fsp3) is 0.409. The Morgan fingerprint density at radius 2 is 1.88 bits per heavy atom. The summed E-state index contributed by atoms with van der Waals surface area (Å²) in [6.07, 6.45) is -0.0282. The van der Waals surface area contributed by atoms with Gasteiger partial charge in [-0.2, -0.15) is 0 Å². The molecule has 0 saturated heterocycles. The number of nitro benzene ring substituents is 1. The summed E-state index contributed by atoms with van der Waals surface area (Å²) in [7, 11) is 1.22. The van der Waals surface area contributed by atoms with Crippen molar-refractivity contribution in [3.8, 4) is 0 Å². The number of nitro groups is 1. The summed E-state index contributed by atoms with van der Waals surface area (Å²) in [6, 6.07) is 5.22. The van der Waals surface area contributed by atoms with Crippen LogP contribution >= 0.6 is 0 Å². The first kappa shape index (κ1) is 24.6. The zero-order valence-corrected chi connectivity index (χ0v) is 18.7. The summed E-state index contributed by atoms with van der Waals surface area (Å²) >= 11 is 0. The van der Waals surface area contributed by atoms with Gasteiger partial charge in [0.25, 0.3) is 5.69 Å². The highest BCUT2D eigenvalue weighted by molar-refractivity contribution is 6.02. The molecule has 0 aromatic heterocycles. The molecule has 0 bridgehead atoms. The number of ether oxygens (including phenoxy) is 2. The SMILES string of the molecule is CCOC(=O)CC(C)NC(=O)C1=C(C)NC(C)=C(C(=O)OC)C1c1cccc([N+](=O)[O-])c1. The Morgan fingerprint density at radius 1 is 1.22 bits per heavy atom. The highest BCUT2D eigenvalue weighted by Crippen LogP contribution is 2.39. The number of rotatable bonds is 8. The van der Waals surface area contributed by atoms with Crippen LogP contribution in [0.3, 0.4) is 0 Å². The molecular weight excluding hydrogens is 418 g/mol. The summed E-state index contributed by atoms with van der Waals surface area (Å²) in [6.45, 7) is 6.92. The largest absolute Gasteiger partial charge is 0.466 e. The first-order valence-corrected chi connectivity index (χ1v) is 10.1. The van der Waals surface area contributed by atoms with Gasteiger partial charge in [0.05, 0.1) is 36.6 Å². The van der Waals surface area contributed by atoms with Crippen molar-refractivity contribution in [1.82, 2.24) is 10.6 Å². The summed E-state index contributed by atoms with van der Waals surface area (Å²) in [5, 5.41) is 17.1. The number of carbonyl (C=O) groups excluding carboxylic acids is 3. The molecule has 2 atom stereocenters. The van der Waals surface area contributed by atoms with E-state index in [0.717, 1.165) is 0 Å². The average molecular weight is 445 g/mol. The smallest absolute Gasteiger partial charge is 0.336 e. The van der Waals surface area contributed by atoms with Gasteiger partial charge in [0, 0.05) is 35.1 Å². The lowest BCUT2D eigenvalue weighted by Crippen LogP contribution is -2.40. The lowest BCUT2D eigenvalue weighted by atomic mass is 9.79. The molecule has 172 valence electrons. The molecule has 1 aromatic carbocycles. The second-order valence-electron chi connectivity index (χ2n) is 7.36. The Kier molecular flexibility index (Phi) is 8.11. The molecule has 1 heterocycles. The van der Waals surface area contributed by atoms with Gasteiger partial charge in [0.15, 0.2) is 0 Å². The summed E-state index contributed by atoms with van der Waals surface area (Å²) in [5.74, 6) is -2.53. The van der Waals surface area contributed by atoms with Crippen molar-refractivity contribution < 1.29 is 28.8 Å². The monoisotopic (exact) mass is 445 g/mol. The number of nitrogens with zero attached hydrogens (tertiary/aromatic N) is 1. The van der Waals surface area contributed by atoms with Crippen LogP contribution in [0.1, 0.15) is 45.6 Å². The Morgan fingerprint density at radius 3 is 2.47 bits per heavy atom. The van der Waals surface area contributed by atoms with Crippen LogP contribution in [0.25, 0.3) is 0 Å². The number of hydrogen-bond acceptors (Lipinski definition) is 8. The van der Waals surface area contributed by atoms with Crippen LogP contribution < -0.4 is 10.6 Å². The third-order valence-corrected chi connectivity index (χ3v) is 4.98. The molecule has 1 aliphatic heterocycles. The standard InChI is InChI=1S/C22H27N3O7/c1-6-32-17(26)10-12(2)23-21(27)18-13(3)24-14(4)19(22(28)31-5)20(18)15-8-7-9-16(11-15)25(29)30/h7-9,11-12,20,24H,6,10H2,1-5H3,(H,23,27). The number of nitrogens with one attached hydrogen (secondary N) is 2. The van der Waals surface area contributed by atoms with Gasteiger partial charge >= 0.3 is 11.9 Å². The minimum absolute atomic E-state index is 0.0282. The van der Waals surface area contributed by atoms with E-state index >= 15 is 0 Å². The predicted molar refractivity (Wildman–Crippen MR) is 115 cm³/mol. The molecular formula is C22H27N3O7. The number of benzene rings is 1. The van der Waals surface area contributed by atoms with Crippen LogP contribution in [-0.4, -0.2) is 42.5 Å². The van der Waals surface area contributed by atoms with Crippen LogP contribution in [0.15, 0.2) is 46.8 Å². The molecule has 2 N–H and O–H groups in total. The van der Waals surface area contributed by atoms with Crippen molar-refractivity contribution in [1.29, 1.82) is 0 Å². The third kappa shape index (κ3) is 5.51. The molecule has 1 amide bonds. The first-order valence-electron chi connectivity index (χ1n) is 10.1. The van der Waals surface area contributed by atoms with E-state index in [9.17, 15) is 24.5 Å². The minimum Gasteiger partial charge on any atom is -0.466 e. The van der Waals surface area contributed by atoms with Gasteiger partial charge in [-0.3, -0.25) is 19.7 Å². The van der Waals surface area contributed by atoms with E-state index in [2.05, 4.69) is 10.6 Å². The van der Waals surface area contributed by atoms with E-state index in [4.69, 9.17) is 9.47 Å². The lowest BCUT2D eigenvalue weighted by Gasteiger charge is -2.31. The highest BCUT2D eigenvalue weighted by atomic mass is 16.6. The Balaban J connectivity index is 2.51. The second kappa shape index (κ2) is 10.6. The molecule has 32 heavy (non-hydrogen) atoms. The van der Waals surface area contributed by atoms with Crippen LogP contribution in [0.2, 0.25) is 0 Å². The first-order chi connectivity index (χ1) is 15.1. The van der Waals surface area contributed by atoms with Crippen LogP contribution in [0.4, 0.5) is 5.69 Å². The maximum atomic E-state index is 13.3. The zero-order valence-electron chi connectivity index (χ0n) is 18.7. The van der Waals surface area contributed by atoms with E-state index in [-0.39, 0.29) is 29.9 Å². The predicted octanol–water partition coefficient (Wildman–Crippen LogP) is 2.46. The lowest BCUT2D eigenvalue weighted by molar-refractivity contribution is -0.384. The Bertz CT molecular complexity index is 997. The van der Waals surface area contributed by atoms with Gasteiger partial charge in [-0.15, -0.1) is 0 Å². The second-order valence-corrected chi connectivity index (χ2v) is 7.36. The molecule has 0 fully saturated rings. The fourth-order valence-corrected chi connectivity index (χ4v) is 3.65. The van der Waals surface area contributed by atoms with Crippen molar-refractivity contribution in [2.24, 2.45) is 0 Å². The van der Waals surface area contributed by atoms with Crippen molar-refractivity contribution in [3.63, 3.8) is 0 Å². The number of amides is 1. The maximum Gasteiger partial charge on any atom is 0.336 e. The molecule has 2 rings (SSSR count). The van der Waals surface area contributed by atoms with Gasteiger partial charge in [-0.1, -0.05) is 12.1 Å². The number of methoxy groups -OCH3 is 1. The molecule has 0 aliphatic carbocycles. The van der Waals surface area contributed by atoms with Gasteiger partial charge in [-0.25, -0.2) is 4.79 Å². The number of non-ortho nitro benzene ring substituents is 1. The van der Waals surface area contributed by atoms with E-state index in [0.29, 0.717) is 17.0 Å². The number of hydrogen-bond donors (Lipinski definition) is 2. The number of esters is 2. The fourth-order valence-electron chi connectivity index (χ4n) is 3.65. The van der Waals surface area contributed by atoms with Crippen LogP contribution in [-0.2, 0) is 23.9 Å². The molecule has 2 unspecified atom stereocenters. The molecule has 0 spiro atoms. The van der Waals surface area contributed by atoms with Gasteiger partial charge < -0.3 is 20.1 Å². The zero-order chi connectivity index (χ0) is 24.0. The summed E-state index contributed by atoms with van der Waals surface area (Å²) in [5.41, 5.74) is 1.54. The number of carbonyl (C=O) groups is 3. The van der Waals surface area contributed by atoms with E-state index < -0.39 is 34.7 Å². The minimum atomic E-state index is -0.904. The summed E-state index contributed by atoms with van der Waals surface area (Å²) in [4.78, 5) is 48.4. The van der Waals surface area contributed by atoms with Crippen molar-refractivity contribution in [2.45, 2.75) is 46.1 Å². The molecule has 0 saturated carbocycles. The highest BCUT2D eigenvalue weighted by Gasteiger charge is 2.37. The van der Waals surface area contributed by atoms with Crippen LogP contribution in [0.5, 0.6) is 0 Å². The van der Waals surface area contributed by atoms with Gasteiger partial charge in [0.2, 0.25) is 5.91 Å². The van der Waals surface area contributed by atoms with Crippen LogP contribution in [0, 0.1) is 10.1 Å². The molecule has 0 radical (unpaired) electrons. The quantitative estimate of drug-likeness (QED) is 0.354. The average Bonchev–Trinajstić information content (AvgIpc) is 2.72. The van der Waals surface area contributed by atoms with Crippen molar-refractivity contribution in [2.75, 3.05) is 13.7 Å². The number of dihydropyridines is 1.